The molecule has 6 nitrogen and oxygen atoms in total. The number of rotatable bonds is 7. The fraction of sp³-hybridized carbons (Fsp3) is 0.235. The van der Waals surface area contributed by atoms with E-state index in [1.165, 1.54) is 0 Å². The Hall–Kier alpha value is -2.32. The number of esters is 1. The van der Waals surface area contributed by atoms with Crippen LogP contribution in [0.25, 0.3) is 11.1 Å². The van der Waals surface area contributed by atoms with E-state index in [9.17, 15) is 9.59 Å². The molecule has 2 heterocycles. The van der Waals surface area contributed by atoms with Crippen LogP contribution in [0.2, 0.25) is 0 Å². The third kappa shape index (κ3) is 4.83. The van der Waals surface area contributed by atoms with Crippen molar-refractivity contribution in [2.24, 2.45) is 0 Å². The molecule has 0 aliphatic carbocycles. The average molecular weight is 376 g/mol. The van der Waals surface area contributed by atoms with Gasteiger partial charge in [-0.2, -0.15) is 0 Å². The van der Waals surface area contributed by atoms with E-state index in [0.717, 1.165) is 22.2 Å². The molecule has 0 aliphatic rings. The third-order valence-corrected chi connectivity index (χ3v) is 4.96. The molecular formula is C17H16N2O4S2. The Bertz CT molecular complexity index is 828. The fourth-order valence-electron chi connectivity index (χ4n) is 2.05. The molecule has 0 bridgehead atoms. The lowest BCUT2D eigenvalue weighted by molar-refractivity contribution is -0.152. The molecule has 0 fully saturated rings. The van der Waals surface area contributed by atoms with Crippen molar-refractivity contribution in [1.29, 1.82) is 0 Å². The number of nitrogens with zero attached hydrogens (tertiary/aromatic N) is 1. The maximum Gasteiger partial charge on any atom is 0.317 e. The Morgan fingerprint density at radius 1 is 1.32 bits per heavy atom. The van der Waals surface area contributed by atoms with E-state index in [1.54, 1.807) is 18.3 Å². The van der Waals surface area contributed by atoms with Gasteiger partial charge in [0, 0.05) is 4.88 Å². The lowest BCUT2D eigenvalue weighted by atomic mass is 10.3. The minimum Gasteiger partial charge on any atom is -0.452 e. The first-order valence-corrected chi connectivity index (χ1v) is 9.46. The van der Waals surface area contributed by atoms with Gasteiger partial charge in [0.2, 0.25) is 0 Å². The lowest BCUT2D eigenvalue weighted by Gasteiger charge is -2.12. The average Bonchev–Trinajstić information content (AvgIpc) is 3.26. The summed E-state index contributed by atoms with van der Waals surface area (Å²) in [5.41, 5.74) is 1.40. The van der Waals surface area contributed by atoms with E-state index in [-0.39, 0.29) is 11.7 Å². The van der Waals surface area contributed by atoms with Crippen molar-refractivity contribution in [3.05, 3.63) is 46.7 Å². The van der Waals surface area contributed by atoms with Crippen LogP contribution in [0.1, 0.15) is 11.8 Å². The number of amides is 1. The van der Waals surface area contributed by atoms with Crippen molar-refractivity contribution in [2.45, 2.75) is 24.8 Å². The summed E-state index contributed by atoms with van der Waals surface area (Å²) >= 11 is 2.69. The summed E-state index contributed by atoms with van der Waals surface area (Å²) in [5.74, 6) is -0.797. The molecule has 1 amide bonds. The van der Waals surface area contributed by atoms with Crippen molar-refractivity contribution >= 4 is 46.1 Å². The second kappa shape index (κ2) is 8.17. The van der Waals surface area contributed by atoms with Gasteiger partial charge in [-0.1, -0.05) is 30.0 Å². The quantitative estimate of drug-likeness (QED) is 0.504. The Labute approximate surface area is 152 Å². The summed E-state index contributed by atoms with van der Waals surface area (Å²) in [6.45, 7) is 1.97. The SMILES string of the molecule is C[C@H](OC(=O)CSc1nc2ccccc2o1)C(=O)NCc1cccs1. The Morgan fingerprint density at radius 3 is 2.92 bits per heavy atom. The number of nitrogens with one attached hydrogen (secondary N) is 1. The molecule has 0 radical (unpaired) electrons. The minimum absolute atomic E-state index is 0.0232. The zero-order valence-corrected chi connectivity index (χ0v) is 15.1. The minimum atomic E-state index is -0.850. The van der Waals surface area contributed by atoms with Gasteiger partial charge in [0.05, 0.1) is 6.54 Å². The maximum absolute atomic E-state index is 11.9. The number of carbonyl (C=O) groups excluding carboxylic acids is 2. The van der Waals surface area contributed by atoms with E-state index >= 15 is 0 Å². The highest BCUT2D eigenvalue weighted by atomic mass is 32.2. The van der Waals surface area contributed by atoms with Gasteiger partial charge in [-0.15, -0.1) is 11.3 Å². The highest BCUT2D eigenvalue weighted by Gasteiger charge is 2.18. The summed E-state index contributed by atoms with van der Waals surface area (Å²) in [5, 5.41) is 5.07. The zero-order valence-electron chi connectivity index (χ0n) is 13.4. The fourth-order valence-corrected chi connectivity index (χ4v) is 3.31. The van der Waals surface area contributed by atoms with Crippen LogP contribution in [0.5, 0.6) is 0 Å². The predicted molar refractivity (Wildman–Crippen MR) is 96.5 cm³/mol. The van der Waals surface area contributed by atoms with E-state index < -0.39 is 12.1 Å². The van der Waals surface area contributed by atoms with Crippen LogP contribution < -0.4 is 5.32 Å². The summed E-state index contributed by atoms with van der Waals surface area (Å²) in [4.78, 5) is 29.1. The number of para-hydroxylation sites is 2. The standard InChI is InChI=1S/C17H16N2O4S2/c1-11(16(21)18-9-12-5-4-8-24-12)22-15(20)10-25-17-19-13-6-2-3-7-14(13)23-17/h2-8,11H,9-10H2,1H3,(H,18,21)/t11-/m0/s1. The monoisotopic (exact) mass is 376 g/mol. The molecule has 3 aromatic rings. The summed E-state index contributed by atoms with van der Waals surface area (Å²) in [7, 11) is 0. The van der Waals surface area contributed by atoms with Crippen LogP contribution >= 0.6 is 23.1 Å². The first kappa shape index (κ1) is 17.5. The van der Waals surface area contributed by atoms with Crippen LogP contribution in [-0.4, -0.2) is 28.7 Å². The molecule has 8 heteroatoms. The van der Waals surface area contributed by atoms with E-state index in [0.29, 0.717) is 17.4 Å². The largest absolute Gasteiger partial charge is 0.452 e. The van der Waals surface area contributed by atoms with E-state index in [2.05, 4.69) is 10.3 Å². The molecule has 0 spiro atoms. The first-order chi connectivity index (χ1) is 12.1. The van der Waals surface area contributed by atoms with Gasteiger partial charge in [-0.05, 0) is 30.5 Å². The van der Waals surface area contributed by atoms with E-state index in [4.69, 9.17) is 9.15 Å². The third-order valence-electron chi connectivity index (χ3n) is 3.28. The second-order valence-electron chi connectivity index (χ2n) is 5.17. The topological polar surface area (TPSA) is 81.4 Å². The molecule has 0 unspecified atom stereocenters. The molecule has 2 aromatic heterocycles. The number of oxazole rings is 1. The number of hydrogen-bond acceptors (Lipinski definition) is 7. The highest BCUT2D eigenvalue weighted by Crippen LogP contribution is 2.23. The maximum atomic E-state index is 11.9. The van der Waals surface area contributed by atoms with Gasteiger partial charge in [-0.3, -0.25) is 9.59 Å². The Kier molecular flexibility index (Phi) is 5.72. The molecule has 25 heavy (non-hydrogen) atoms. The van der Waals surface area contributed by atoms with Crippen molar-refractivity contribution in [2.75, 3.05) is 5.75 Å². The van der Waals surface area contributed by atoms with E-state index in [1.807, 2.05) is 41.8 Å². The van der Waals surface area contributed by atoms with Crippen LogP contribution in [-0.2, 0) is 20.9 Å². The van der Waals surface area contributed by atoms with Crippen molar-refractivity contribution in [1.82, 2.24) is 10.3 Å². The molecule has 1 N–H and O–H groups in total. The lowest BCUT2D eigenvalue weighted by Crippen LogP contribution is -2.35. The number of thiophene rings is 1. The van der Waals surface area contributed by atoms with Crippen LogP contribution in [0.3, 0.4) is 0 Å². The Balaban J connectivity index is 1.44. The summed E-state index contributed by atoms with van der Waals surface area (Å²) in [6.07, 6.45) is -0.850. The number of aromatic nitrogens is 1. The molecule has 3 rings (SSSR count). The number of benzene rings is 1. The van der Waals surface area contributed by atoms with Gasteiger partial charge in [-0.25, -0.2) is 4.98 Å². The summed E-state index contributed by atoms with van der Waals surface area (Å²) < 4.78 is 10.7. The molecule has 0 saturated heterocycles. The number of ether oxygens (including phenoxy) is 1. The number of hydrogen-bond donors (Lipinski definition) is 1. The van der Waals surface area contributed by atoms with Crippen LogP contribution in [0, 0.1) is 0 Å². The normalized spacial score (nSPS) is 12.0. The van der Waals surface area contributed by atoms with Crippen LogP contribution in [0.15, 0.2) is 51.4 Å². The summed E-state index contributed by atoms with van der Waals surface area (Å²) in [6, 6.07) is 11.2. The van der Waals surface area contributed by atoms with Gasteiger partial charge in [0.15, 0.2) is 11.7 Å². The van der Waals surface area contributed by atoms with Gasteiger partial charge in [0.25, 0.3) is 11.1 Å². The van der Waals surface area contributed by atoms with Gasteiger partial charge < -0.3 is 14.5 Å². The molecule has 1 atom stereocenters. The number of carbonyl (C=O) groups is 2. The zero-order chi connectivity index (χ0) is 17.6. The molecule has 1 aromatic carbocycles. The van der Waals surface area contributed by atoms with Crippen molar-refractivity contribution in [3.63, 3.8) is 0 Å². The molecule has 130 valence electrons. The molecular weight excluding hydrogens is 360 g/mol. The number of thioether (sulfide) groups is 1. The number of fused-ring (bicyclic) bond motifs is 1. The predicted octanol–water partition coefficient (Wildman–Crippen LogP) is 3.23. The molecule has 0 aliphatic heterocycles. The molecule has 0 saturated carbocycles. The van der Waals surface area contributed by atoms with Crippen molar-refractivity contribution in [3.8, 4) is 0 Å². The van der Waals surface area contributed by atoms with Crippen LogP contribution in [0.4, 0.5) is 0 Å². The van der Waals surface area contributed by atoms with Gasteiger partial charge >= 0.3 is 5.97 Å². The second-order valence-corrected chi connectivity index (χ2v) is 7.12. The first-order valence-electron chi connectivity index (χ1n) is 7.60. The Morgan fingerprint density at radius 2 is 2.16 bits per heavy atom. The smallest absolute Gasteiger partial charge is 0.317 e. The highest BCUT2D eigenvalue weighted by molar-refractivity contribution is 7.99. The van der Waals surface area contributed by atoms with Crippen molar-refractivity contribution < 1.29 is 18.7 Å². The van der Waals surface area contributed by atoms with Gasteiger partial charge in [0.1, 0.15) is 11.3 Å².